The standard InChI is InChI=1S/C22H23N3O3/c1-13-7-8-14(2)18(11-13)24-19(26)12-23-21(27)20-16-5-3-4-6-17(16)22(28)25(20)15-9-10-15/h3-8,11,15,20H,9-10,12H2,1-2H3,(H,23,27)(H,24,26). The van der Waals surface area contributed by atoms with E-state index in [1.165, 1.54) is 0 Å². The van der Waals surface area contributed by atoms with Gasteiger partial charge in [-0.05, 0) is 55.5 Å². The number of hydrogen-bond donors (Lipinski definition) is 2. The molecule has 1 unspecified atom stereocenters. The van der Waals surface area contributed by atoms with E-state index >= 15 is 0 Å². The third-order valence-electron chi connectivity index (χ3n) is 5.28. The highest BCUT2D eigenvalue weighted by atomic mass is 16.2. The maximum absolute atomic E-state index is 12.9. The van der Waals surface area contributed by atoms with Gasteiger partial charge in [-0.3, -0.25) is 14.4 Å². The second-order valence-corrected chi connectivity index (χ2v) is 7.52. The zero-order valence-electron chi connectivity index (χ0n) is 16.0. The van der Waals surface area contributed by atoms with Gasteiger partial charge in [-0.15, -0.1) is 0 Å². The molecule has 1 atom stereocenters. The molecule has 1 saturated carbocycles. The Kier molecular flexibility index (Phi) is 4.63. The van der Waals surface area contributed by atoms with Crippen molar-refractivity contribution in [1.82, 2.24) is 10.2 Å². The summed E-state index contributed by atoms with van der Waals surface area (Å²) in [5.41, 5.74) is 4.04. The lowest BCUT2D eigenvalue weighted by atomic mass is 10.0. The highest BCUT2D eigenvalue weighted by molar-refractivity contribution is 6.05. The van der Waals surface area contributed by atoms with Crippen LogP contribution in [0.1, 0.15) is 45.9 Å². The molecular formula is C22H23N3O3. The van der Waals surface area contributed by atoms with Crippen molar-refractivity contribution in [1.29, 1.82) is 0 Å². The molecule has 3 amide bonds. The van der Waals surface area contributed by atoms with Crippen molar-refractivity contribution in [3.63, 3.8) is 0 Å². The molecule has 0 spiro atoms. The van der Waals surface area contributed by atoms with Crippen LogP contribution in [-0.4, -0.2) is 35.2 Å². The zero-order chi connectivity index (χ0) is 19.8. The number of hydrogen-bond acceptors (Lipinski definition) is 3. The fourth-order valence-corrected chi connectivity index (χ4v) is 3.66. The monoisotopic (exact) mass is 377 g/mol. The van der Waals surface area contributed by atoms with E-state index in [4.69, 9.17) is 0 Å². The number of nitrogens with one attached hydrogen (secondary N) is 2. The normalized spacial score (nSPS) is 18.0. The minimum atomic E-state index is -0.662. The highest BCUT2D eigenvalue weighted by Crippen LogP contribution is 2.41. The topological polar surface area (TPSA) is 78.5 Å². The van der Waals surface area contributed by atoms with Gasteiger partial charge in [0.1, 0.15) is 6.04 Å². The van der Waals surface area contributed by atoms with Gasteiger partial charge in [0, 0.05) is 17.3 Å². The summed E-state index contributed by atoms with van der Waals surface area (Å²) in [6.45, 7) is 3.73. The number of carbonyl (C=O) groups excluding carboxylic acids is 3. The molecule has 1 aliphatic heterocycles. The number of rotatable bonds is 5. The molecular weight excluding hydrogens is 354 g/mol. The van der Waals surface area contributed by atoms with Crippen molar-refractivity contribution in [3.05, 3.63) is 64.7 Å². The molecule has 0 radical (unpaired) electrons. The largest absolute Gasteiger partial charge is 0.345 e. The molecule has 1 fully saturated rings. The van der Waals surface area contributed by atoms with Crippen LogP contribution in [0.2, 0.25) is 0 Å². The Labute approximate surface area is 163 Å². The molecule has 2 aliphatic rings. The summed E-state index contributed by atoms with van der Waals surface area (Å²) in [4.78, 5) is 39.6. The third-order valence-corrected chi connectivity index (χ3v) is 5.28. The van der Waals surface area contributed by atoms with E-state index in [-0.39, 0.29) is 30.3 Å². The number of benzene rings is 2. The Hall–Kier alpha value is -3.15. The smallest absolute Gasteiger partial charge is 0.255 e. The number of nitrogens with zero attached hydrogens (tertiary/aromatic N) is 1. The van der Waals surface area contributed by atoms with Gasteiger partial charge >= 0.3 is 0 Å². The fraction of sp³-hybridized carbons (Fsp3) is 0.318. The van der Waals surface area contributed by atoms with Crippen molar-refractivity contribution in [3.8, 4) is 0 Å². The highest BCUT2D eigenvalue weighted by Gasteiger charge is 2.47. The quantitative estimate of drug-likeness (QED) is 0.841. The average molecular weight is 377 g/mol. The van der Waals surface area contributed by atoms with Gasteiger partial charge in [-0.2, -0.15) is 0 Å². The summed E-state index contributed by atoms with van der Waals surface area (Å²) in [5, 5.41) is 5.54. The molecule has 28 heavy (non-hydrogen) atoms. The predicted molar refractivity (Wildman–Crippen MR) is 106 cm³/mol. The molecule has 2 N–H and O–H groups in total. The Morgan fingerprint density at radius 1 is 1.11 bits per heavy atom. The van der Waals surface area contributed by atoms with Gasteiger partial charge in [0.25, 0.3) is 5.91 Å². The van der Waals surface area contributed by atoms with E-state index < -0.39 is 6.04 Å². The van der Waals surface area contributed by atoms with E-state index in [0.717, 1.165) is 29.7 Å². The fourth-order valence-electron chi connectivity index (χ4n) is 3.66. The summed E-state index contributed by atoms with van der Waals surface area (Å²) in [6.07, 6.45) is 1.83. The van der Waals surface area contributed by atoms with Crippen LogP contribution in [0.4, 0.5) is 5.69 Å². The zero-order valence-corrected chi connectivity index (χ0v) is 16.0. The van der Waals surface area contributed by atoms with Crippen LogP contribution < -0.4 is 10.6 Å². The summed E-state index contributed by atoms with van der Waals surface area (Å²) in [6, 6.07) is 12.5. The van der Waals surface area contributed by atoms with E-state index in [2.05, 4.69) is 10.6 Å². The third kappa shape index (κ3) is 3.38. The summed E-state index contributed by atoms with van der Waals surface area (Å²) in [7, 11) is 0. The average Bonchev–Trinajstić information content (AvgIpc) is 3.47. The molecule has 0 aromatic heterocycles. The summed E-state index contributed by atoms with van der Waals surface area (Å²) < 4.78 is 0. The maximum Gasteiger partial charge on any atom is 0.255 e. The molecule has 6 nitrogen and oxygen atoms in total. The number of anilines is 1. The van der Waals surface area contributed by atoms with Crippen LogP contribution in [0.3, 0.4) is 0 Å². The van der Waals surface area contributed by atoms with Crippen molar-refractivity contribution in [2.24, 2.45) is 0 Å². The molecule has 0 saturated heterocycles. The number of amides is 3. The lowest BCUT2D eigenvalue weighted by Crippen LogP contribution is -2.42. The van der Waals surface area contributed by atoms with Crippen LogP contribution in [0.5, 0.6) is 0 Å². The van der Waals surface area contributed by atoms with E-state index in [1.807, 2.05) is 44.2 Å². The van der Waals surface area contributed by atoms with Gasteiger partial charge < -0.3 is 15.5 Å². The molecule has 0 bridgehead atoms. The SMILES string of the molecule is Cc1ccc(C)c(NC(=O)CNC(=O)C2c3ccccc3C(=O)N2C2CC2)c1. The van der Waals surface area contributed by atoms with E-state index in [1.54, 1.807) is 17.0 Å². The first-order chi connectivity index (χ1) is 13.5. The Balaban J connectivity index is 1.45. The van der Waals surface area contributed by atoms with Crippen LogP contribution >= 0.6 is 0 Å². The molecule has 2 aromatic carbocycles. The Morgan fingerprint density at radius 3 is 2.61 bits per heavy atom. The summed E-state index contributed by atoms with van der Waals surface area (Å²) in [5.74, 6) is -0.711. The first-order valence-corrected chi connectivity index (χ1v) is 9.52. The predicted octanol–water partition coefficient (Wildman–Crippen LogP) is 2.72. The van der Waals surface area contributed by atoms with E-state index in [0.29, 0.717) is 11.1 Å². The first-order valence-electron chi connectivity index (χ1n) is 9.52. The van der Waals surface area contributed by atoms with Crippen LogP contribution in [-0.2, 0) is 9.59 Å². The van der Waals surface area contributed by atoms with Crippen molar-refractivity contribution in [2.45, 2.75) is 38.8 Å². The minimum Gasteiger partial charge on any atom is -0.345 e. The molecule has 6 heteroatoms. The number of carbonyl (C=O) groups is 3. The first kappa shape index (κ1) is 18.2. The lowest BCUT2D eigenvalue weighted by molar-refractivity contribution is -0.127. The lowest BCUT2D eigenvalue weighted by Gasteiger charge is -2.24. The van der Waals surface area contributed by atoms with Gasteiger partial charge in [0.05, 0.1) is 6.54 Å². The van der Waals surface area contributed by atoms with Crippen LogP contribution in [0, 0.1) is 13.8 Å². The number of fused-ring (bicyclic) bond motifs is 1. The Bertz CT molecular complexity index is 965. The van der Waals surface area contributed by atoms with Gasteiger partial charge in [-0.25, -0.2) is 0 Å². The van der Waals surface area contributed by atoms with Crippen LogP contribution in [0.25, 0.3) is 0 Å². The Morgan fingerprint density at radius 2 is 1.86 bits per heavy atom. The van der Waals surface area contributed by atoms with Gasteiger partial charge in [-0.1, -0.05) is 30.3 Å². The molecule has 4 rings (SSSR count). The second-order valence-electron chi connectivity index (χ2n) is 7.52. The van der Waals surface area contributed by atoms with Crippen molar-refractivity contribution < 1.29 is 14.4 Å². The molecule has 144 valence electrons. The minimum absolute atomic E-state index is 0.0990. The number of aryl methyl sites for hydroxylation is 2. The van der Waals surface area contributed by atoms with Crippen molar-refractivity contribution >= 4 is 23.4 Å². The van der Waals surface area contributed by atoms with Gasteiger partial charge in [0.15, 0.2) is 0 Å². The van der Waals surface area contributed by atoms with Crippen LogP contribution in [0.15, 0.2) is 42.5 Å². The van der Waals surface area contributed by atoms with Crippen molar-refractivity contribution in [2.75, 3.05) is 11.9 Å². The maximum atomic E-state index is 12.9. The second kappa shape index (κ2) is 7.11. The molecule has 1 aliphatic carbocycles. The molecule has 2 aromatic rings. The molecule has 1 heterocycles. The van der Waals surface area contributed by atoms with E-state index in [9.17, 15) is 14.4 Å². The van der Waals surface area contributed by atoms with Gasteiger partial charge in [0.2, 0.25) is 11.8 Å². The summed E-state index contributed by atoms with van der Waals surface area (Å²) >= 11 is 0.